The van der Waals surface area contributed by atoms with Gasteiger partial charge in [-0.25, -0.2) is 4.90 Å². The molecule has 0 saturated carbocycles. The molecule has 33 heavy (non-hydrogen) atoms. The second-order valence-electron chi connectivity index (χ2n) is 7.90. The van der Waals surface area contributed by atoms with Crippen LogP contribution < -0.4 is 4.90 Å². The first-order valence-corrected chi connectivity index (χ1v) is 12.0. The van der Waals surface area contributed by atoms with Crippen molar-refractivity contribution in [3.8, 4) is 0 Å². The quantitative estimate of drug-likeness (QED) is 0.279. The first kappa shape index (κ1) is 23.4. The predicted octanol–water partition coefficient (Wildman–Crippen LogP) is 3.87. The summed E-state index contributed by atoms with van der Waals surface area (Å²) in [4.78, 5) is 41.3. The van der Waals surface area contributed by atoms with Gasteiger partial charge >= 0.3 is 0 Å². The van der Waals surface area contributed by atoms with E-state index in [-0.39, 0.29) is 24.0 Å². The van der Waals surface area contributed by atoms with Gasteiger partial charge in [0.1, 0.15) is 9.57 Å². The van der Waals surface area contributed by atoms with Crippen LogP contribution in [0.3, 0.4) is 0 Å². The molecule has 170 valence electrons. The van der Waals surface area contributed by atoms with Crippen LogP contribution in [-0.2, 0) is 14.3 Å². The molecule has 0 N–H and O–H groups in total. The number of aryl methyl sites for hydroxylation is 1. The van der Waals surface area contributed by atoms with Crippen LogP contribution in [0.15, 0.2) is 54.6 Å². The Bertz CT molecular complexity index is 1110. The summed E-state index contributed by atoms with van der Waals surface area (Å²) in [6, 6.07) is 14.4. The number of thiocarbonyl (C=S) groups is 1. The summed E-state index contributed by atoms with van der Waals surface area (Å²) >= 11 is 6.74. The zero-order valence-electron chi connectivity index (χ0n) is 18.2. The van der Waals surface area contributed by atoms with E-state index in [9.17, 15) is 14.4 Å². The van der Waals surface area contributed by atoms with E-state index < -0.39 is 5.25 Å². The number of nitrogens with zero attached hydrogens (tertiary/aromatic N) is 2. The lowest BCUT2D eigenvalue weighted by Crippen LogP contribution is -2.39. The average Bonchev–Trinajstić information content (AvgIpc) is 3.10. The monoisotopic (exact) mass is 480 g/mol. The highest BCUT2D eigenvalue weighted by molar-refractivity contribution is 8.23. The summed E-state index contributed by atoms with van der Waals surface area (Å²) in [7, 11) is 0. The van der Waals surface area contributed by atoms with E-state index in [2.05, 4.69) is 0 Å². The minimum absolute atomic E-state index is 0.105. The standard InChI is InChI=1S/C25H24N2O4S2/c1-17-3-2-4-18(15-17)5-10-21(28)19-6-8-20(9-7-19)27-23(29)16-22(24(27)30)33-25(32)26-11-13-31-14-12-26/h2-10,15,22H,11-14,16H2,1H3/b10-5+. The van der Waals surface area contributed by atoms with Crippen molar-refractivity contribution < 1.29 is 19.1 Å². The molecular formula is C25H24N2O4S2. The summed E-state index contributed by atoms with van der Waals surface area (Å²) in [5.74, 6) is -0.689. The summed E-state index contributed by atoms with van der Waals surface area (Å²) in [5, 5.41) is -0.536. The lowest BCUT2D eigenvalue weighted by atomic mass is 10.1. The second-order valence-corrected chi connectivity index (χ2v) is 9.74. The van der Waals surface area contributed by atoms with Gasteiger partial charge in [-0.15, -0.1) is 0 Å². The normalized spacial score (nSPS) is 18.9. The maximum Gasteiger partial charge on any atom is 0.247 e. The van der Waals surface area contributed by atoms with Gasteiger partial charge in [-0.1, -0.05) is 59.9 Å². The Morgan fingerprint density at radius 2 is 1.85 bits per heavy atom. The molecule has 2 fully saturated rings. The fourth-order valence-electron chi connectivity index (χ4n) is 3.73. The molecule has 0 aliphatic carbocycles. The second kappa shape index (κ2) is 10.4. The minimum Gasteiger partial charge on any atom is -0.378 e. The topological polar surface area (TPSA) is 66.9 Å². The highest BCUT2D eigenvalue weighted by Crippen LogP contribution is 2.31. The Labute approximate surface area is 202 Å². The maximum absolute atomic E-state index is 12.9. The van der Waals surface area contributed by atoms with Gasteiger partial charge in [0.2, 0.25) is 11.8 Å². The van der Waals surface area contributed by atoms with Crippen LogP contribution in [-0.4, -0.2) is 58.4 Å². The van der Waals surface area contributed by atoms with Crippen molar-refractivity contribution in [2.75, 3.05) is 31.2 Å². The molecule has 0 aromatic heterocycles. The van der Waals surface area contributed by atoms with Crippen LogP contribution in [0.25, 0.3) is 6.08 Å². The van der Waals surface area contributed by atoms with Crippen LogP contribution in [0.1, 0.15) is 27.9 Å². The summed E-state index contributed by atoms with van der Waals surface area (Å²) in [6.45, 7) is 4.60. The molecule has 8 heteroatoms. The number of imide groups is 1. The molecule has 1 unspecified atom stereocenters. The highest BCUT2D eigenvalue weighted by atomic mass is 32.2. The van der Waals surface area contributed by atoms with Gasteiger partial charge < -0.3 is 9.64 Å². The fraction of sp³-hybridized carbons (Fsp3) is 0.280. The molecule has 1 atom stereocenters. The number of carbonyl (C=O) groups is 3. The number of allylic oxidation sites excluding steroid dienone is 1. The van der Waals surface area contributed by atoms with Crippen molar-refractivity contribution in [3.05, 3.63) is 71.3 Å². The largest absolute Gasteiger partial charge is 0.378 e. The maximum atomic E-state index is 12.9. The third kappa shape index (κ3) is 5.58. The van der Waals surface area contributed by atoms with Crippen molar-refractivity contribution >= 4 is 57.7 Å². The van der Waals surface area contributed by atoms with Crippen LogP contribution >= 0.6 is 24.0 Å². The molecule has 2 aliphatic rings. The van der Waals surface area contributed by atoms with E-state index in [1.807, 2.05) is 36.1 Å². The number of hydrogen-bond donors (Lipinski definition) is 0. The Balaban J connectivity index is 1.40. The number of rotatable bonds is 5. The first-order valence-electron chi connectivity index (χ1n) is 10.7. The molecule has 0 bridgehead atoms. The van der Waals surface area contributed by atoms with Gasteiger partial charge in [0, 0.05) is 25.1 Å². The highest BCUT2D eigenvalue weighted by Gasteiger charge is 2.41. The van der Waals surface area contributed by atoms with Gasteiger partial charge in [-0.3, -0.25) is 14.4 Å². The smallest absolute Gasteiger partial charge is 0.247 e. The molecular weight excluding hydrogens is 456 g/mol. The Kier molecular flexibility index (Phi) is 7.37. The number of thioether (sulfide) groups is 1. The van der Waals surface area contributed by atoms with Crippen molar-refractivity contribution in [1.82, 2.24) is 4.90 Å². The van der Waals surface area contributed by atoms with Crippen molar-refractivity contribution in [1.29, 1.82) is 0 Å². The lowest BCUT2D eigenvalue weighted by Gasteiger charge is -2.29. The van der Waals surface area contributed by atoms with Crippen molar-refractivity contribution in [2.45, 2.75) is 18.6 Å². The van der Waals surface area contributed by atoms with E-state index >= 15 is 0 Å². The molecule has 2 saturated heterocycles. The van der Waals surface area contributed by atoms with Gasteiger partial charge in [0.05, 0.1) is 18.9 Å². The number of anilines is 1. The average molecular weight is 481 g/mol. The summed E-state index contributed by atoms with van der Waals surface area (Å²) in [6.07, 6.45) is 3.40. The molecule has 2 aromatic carbocycles. The van der Waals surface area contributed by atoms with Gasteiger partial charge in [-0.2, -0.15) is 0 Å². The molecule has 6 nitrogen and oxygen atoms in total. The predicted molar refractivity (Wildman–Crippen MR) is 134 cm³/mol. The molecule has 0 radical (unpaired) electrons. The number of benzene rings is 2. The number of carbonyl (C=O) groups excluding carboxylic acids is 3. The fourth-order valence-corrected chi connectivity index (χ4v) is 5.26. The van der Waals surface area contributed by atoms with E-state index in [0.717, 1.165) is 11.1 Å². The molecule has 4 rings (SSSR count). The molecule has 0 spiro atoms. The zero-order chi connectivity index (χ0) is 23.4. The number of morpholine rings is 1. The summed E-state index contributed by atoms with van der Waals surface area (Å²) in [5.41, 5.74) is 3.02. The molecule has 2 aliphatic heterocycles. The first-order chi connectivity index (χ1) is 15.9. The van der Waals surface area contributed by atoms with Crippen molar-refractivity contribution in [2.24, 2.45) is 0 Å². The minimum atomic E-state index is -0.536. The Morgan fingerprint density at radius 3 is 2.55 bits per heavy atom. The van der Waals surface area contributed by atoms with E-state index in [1.165, 1.54) is 22.7 Å². The number of ether oxygens (including phenoxy) is 1. The van der Waals surface area contributed by atoms with Crippen LogP contribution in [0.2, 0.25) is 0 Å². The van der Waals surface area contributed by atoms with Crippen LogP contribution in [0.4, 0.5) is 5.69 Å². The molecule has 2 amide bonds. The third-order valence-electron chi connectivity index (χ3n) is 5.50. The van der Waals surface area contributed by atoms with Gasteiger partial charge in [-0.05, 0) is 42.8 Å². The lowest BCUT2D eigenvalue weighted by molar-refractivity contribution is -0.121. The molecule has 2 aromatic rings. The zero-order valence-corrected chi connectivity index (χ0v) is 19.9. The van der Waals surface area contributed by atoms with Crippen LogP contribution in [0.5, 0.6) is 0 Å². The Hall–Kier alpha value is -2.81. The number of amides is 2. The van der Waals surface area contributed by atoms with E-state index in [4.69, 9.17) is 17.0 Å². The van der Waals surface area contributed by atoms with E-state index in [1.54, 1.807) is 30.3 Å². The third-order valence-corrected chi connectivity index (χ3v) is 7.16. The van der Waals surface area contributed by atoms with E-state index in [0.29, 0.717) is 41.9 Å². The SMILES string of the molecule is Cc1cccc(/C=C/C(=O)c2ccc(N3C(=O)CC(SC(=S)N4CCOCC4)C3=O)cc2)c1. The number of ketones is 1. The van der Waals surface area contributed by atoms with Gasteiger partial charge in [0.25, 0.3) is 0 Å². The number of hydrogen-bond acceptors (Lipinski definition) is 6. The molecule has 2 heterocycles. The van der Waals surface area contributed by atoms with Crippen LogP contribution in [0, 0.1) is 6.92 Å². The summed E-state index contributed by atoms with van der Waals surface area (Å²) < 4.78 is 5.95. The Morgan fingerprint density at radius 1 is 1.12 bits per heavy atom. The van der Waals surface area contributed by atoms with Crippen molar-refractivity contribution in [3.63, 3.8) is 0 Å². The van der Waals surface area contributed by atoms with Gasteiger partial charge in [0.15, 0.2) is 5.78 Å².